The number of benzene rings is 2. The zero-order chi connectivity index (χ0) is 18.8. The standard InChI is InChI=1S/C19H22ClN5O/c1-11-9-17(23-15-6-4-14(20)5-7-15)16-10-13(19(21)24-22)3-8-18(16)25(11)12(2)26/h3-8,10-11,17,23H,9,22H2,1-2H3,(H2,21,24). The molecule has 0 saturated carbocycles. The van der Waals surface area contributed by atoms with Gasteiger partial charge in [0.2, 0.25) is 5.91 Å². The monoisotopic (exact) mass is 371 g/mol. The van der Waals surface area contributed by atoms with E-state index in [4.69, 9.17) is 23.2 Å². The van der Waals surface area contributed by atoms with E-state index >= 15 is 0 Å². The number of halogens is 1. The average molecular weight is 372 g/mol. The third-order valence-electron chi connectivity index (χ3n) is 4.64. The molecule has 2 aromatic carbocycles. The minimum Gasteiger partial charge on any atom is -0.382 e. The first kappa shape index (κ1) is 18.1. The van der Waals surface area contributed by atoms with Crippen molar-refractivity contribution < 1.29 is 4.79 Å². The van der Waals surface area contributed by atoms with E-state index in [0.29, 0.717) is 5.02 Å². The number of rotatable bonds is 3. The molecule has 6 nitrogen and oxygen atoms in total. The van der Waals surface area contributed by atoms with Crippen LogP contribution >= 0.6 is 11.6 Å². The van der Waals surface area contributed by atoms with E-state index in [0.717, 1.165) is 28.9 Å². The molecule has 0 fully saturated rings. The Balaban J connectivity index is 2.04. The van der Waals surface area contributed by atoms with Crippen LogP contribution in [0, 0.1) is 0 Å². The fourth-order valence-corrected chi connectivity index (χ4v) is 3.59. The van der Waals surface area contributed by atoms with Crippen LogP contribution in [0.2, 0.25) is 5.02 Å². The molecule has 5 N–H and O–H groups in total. The van der Waals surface area contributed by atoms with Crippen molar-refractivity contribution in [3.05, 3.63) is 58.6 Å². The predicted octanol–water partition coefficient (Wildman–Crippen LogP) is 3.22. The van der Waals surface area contributed by atoms with Gasteiger partial charge in [0.15, 0.2) is 0 Å². The maximum absolute atomic E-state index is 12.2. The summed E-state index contributed by atoms with van der Waals surface area (Å²) in [4.78, 5) is 14.0. The van der Waals surface area contributed by atoms with Crippen LogP contribution in [0.3, 0.4) is 0 Å². The second-order valence-corrected chi connectivity index (χ2v) is 6.90. The molecule has 0 bridgehead atoms. The van der Waals surface area contributed by atoms with Crippen molar-refractivity contribution in [2.24, 2.45) is 16.7 Å². The van der Waals surface area contributed by atoms with Gasteiger partial charge in [-0.15, -0.1) is 0 Å². The van der Waals surface area contributed by atoms with Crippen LogP contribution in [0.25, 0.3) is 0 Å². The van der Waals surface area contributed by atoms with E-state index in [-0.39, 0.29) is 23.8 Å². The average Bonchev–Trinajstić information content (AvgIpc) is 2.62. The fourth-order valence-electron chi connectivity index (χ4n) is 3.46. The fraction of sp³-hybridized carbons (Fsp3) is 0.263. The molecule has 136 valence electrons. The lowest BCUT2D eigenvalue weighted by atomic mass is 9.90. The third kappa shape index (κ3) is 3.46. The van der Waals surface area contributed by atoms with Gasteiger partial charge in [0, 0.05) is 34.9 Å². The van der Waals surface area contributed by atoms with Crippen molar-refractivity contribution in [2.75, 3.05) is 10.2 Å². The lowest BCUT2D eigenvalue weighted by Gasteiger charge is -2.39. The number of hydrogen-bond acceptors (Lipinski definition) is 4. The largest absolute Gasteiger partial charge is 0.382 e. The first-order chi connectivity index (χ1) is 12.4. The molecule has 2 atom stereocenters. The highest BCUT2D eigenvalue weighted by molar-refractivity contribution is 6.30. The molecule has 0 aliphatic carbocycles. The Morgan fingerprint density at radius 3 is 2.58 bits per heavy atom. The summed E-state index contributed by atoms with van der Waals surface area (Å²) < 4.78 is 0. The number of fused-ring (bicyclic) bond motifs is 1. The summed E-state index contributed by atoms with van der Waals surface area (Å²) in [5.74, 6) is 5.59. The summed E-state index contributed by atoms with van der Waals surface area (Å²) in [6, 6.07) is 13.3. The van der Waals surface area contributed by atoms with Gasteiger partial charge in [-0.2, -0.15) is 5.10 Å². The molecule has 0 spiro atoms. The Kier molecular flexibility index (Phi) is 5.04. The van der Waals surface area contributed by atoms with Gasteiger partial charge in [-0.1, -0.05) is 11.6 Å². The summed E-state index contributed by atoms with van der Waals surface area (Å²) in [6.07, 6.45) is 0.762. The molecule has 2 aromatic rings. The molecule has 1 aliphatic heterocycles. The lowest BCUT2D eigenvalue weighted by molar-refractivity contribution is -0.117. The summed E-state index contributed by atoms with van der Waals surface area (Å²) in [5.41, 5.74) is 9.42. The quantitative estimate of drug-likeness (QED) is 0.334. The highest BCUT2D eigenvalue weighted by atomic mass is 35.5. The molecule has 0 aromatic heterocycles. The van der Waals surface area contributed by atoms with Crippen LogP contribution in [-0.4, -0.2) is 17.8 Å². The normalized spacial score (nSPS) is 19.8. The van der Waals surface area contributed by atoms with E-state index < -0.39 is 0 Å². The smallest absolute Gasteiger partial charge is 0.224 e. The Morgan fingerprint density at radius 2 is 1.96 bits per heavy atom. The zero-order valence-electron chi connectivity index (χ0n) is 14.7. The van der Waals surface area contributed by atoms with Gasteiger partial charge >= 0.3 is 0 Å². The molecule has 26 heavy (non-hydrogen) atoms. The number of amides is 1. The first-order valence-electron chi connectivity index (χ1n) is 8.40. The van der Waals surface area contributed by atoms with Crippen LogP contribution in [0.4, 0.5) is 11.4 Å². The van der Waals surface area contributed by atoms with Gasteiger partial charge in [0.05, 0.1) is 6.04 Å². The van der Waals surface area contributed by atoms with Crippen molar-refractivity contribution in [2.45, 2.75) is 32.4 Å². The van der Waals surface area contributed by atoms with E-state index in [1.165, 1.54) is 0 Å². The number of nitrogens with zero attached hydrogens (tertiary/aromatic N) is 2. The van der Waals surface area contributed by atoms with Crippen molar-refractivity contribution in [1.29, 1.82) is 0 Å². The van der Waals surface area contributed by atoms with Gasteiger partial charge in [-0.05, 0) is 61.4 Å². The van der Waals surface area contributed by atoms with Crippen LogP contribution < -0.4 is 21.8 Å². The number of carbonyl (C=O) groups is 1. The van der Waals surface area contributed by atoms with Crippen LogP contribution in [0.5, 0.6) is 0 Å². The second kappa shape index (κ2) is 7.25. The van der Waals surface area contributed by atoms with E-state index in [1.54, 1.807) is 6.92 Å². The van der Waals surface area contributed by atoms with Crippen molar-refractivity contribution in [3.63, 3.8) is 0 Å². The highest BCUT2D eigenvalue weighted by Gasteiger charge is 2.32. The molecule has 3 rings (SSSR count). The molecule has 0 radical (unpaired) electrons. The first-order valence-corrected chi connectivity index (χ1v) is 8.78. The van der Waals surface area contributed by atoms with Crippen LogP contribution in [0.1, 0.15) is 37.4 Å². The Labute approximate surface area is 157 Å². The third-order valence-corrected chi connectivity index (χ3v) is 4.89. The number of anilines is 2. The van der Waals surface area contributed by atoms with Crippen LogP contribution in [0.15, 0.2) is 47.6 Å². The van der Waals surface area contributed by atoms with Gasteiger partial charge < -0.3 is 21.8 Å². The summed E-state index contributed by atoms with van der Waals surface area (Å²) in [6.45, 7) is 3.63. The lowest BCUT2D eigenvalue weighted by Crippen LogP contribution is -2.43. The topological polar surface area (TPSA) is 96.7 Å². The molecule has 0 saturated heterocycles. The number of nitrogens with one attached hydrogen (secondary N) is 1. The van der Waals surface area contributed by atoms with Crippen LogP contribution in [-0.2, 0) is 4.79 Å². The molecular weight excluding hydrogens is 350 g/mol. The van der Waals surface area contributed by atoms with Gasteiger partial charge in [0.1, 0.15) is 5.84 Å². The zero-order valence-corrected chi connectivity index (χ0v) is 15.5. The maximum Gasteiger partial charge on any atom is 0.224 e. The number of hydrazone groups is 1. The highest BCUT2D eigenvalue weighted by Crippen LogP contribution is 2.39. The molecular formula is C19H22ClN5O. The molecule has 1 amide bonds. The number of nitrogens with two attached hydrogens (primary N) is 2. The summed E-state index contributed by atoms with van der Waals surface area (Å²) in [5, 5.41) is 7.79. The molecule has 1 heterocycles. The number of hydrogen-bond donors (Lipinski definition) is 3. The number of carbonyl (C=O) groups excluding carboxylic acids is 1. The molecule has 2 unspecified atom stereocenters. The Morgan fingerprint density at radius 1 is 1.27 bits per heavy atom. The van der Waals surface area contributed by atoms with E-state index in [1.807, 2.05) is 54.3 Å². The molecule has 1 aliphatic rings. The maximum atomic E-state index is 12.2. The SMILES string of the molecule is CC(=O)N1c2ccc(/C(N)=N/N)cc2C(Nc2ccc(Cl)cc2)CC1C. The van der Waals surface area contributed by atoms with Crippen molar-refractivity contribution in [3.8, 4) is 0 Å². The van der Waals surface area contributed by atoms with E-state index in [2.05, 4.69) is 10.4 Å². The van der Waals surface area contributed by atoms with Gasteiger partial charge in [0.25, 0.3) is 0 Å². The Hall–Kier alpha value is -2.73. The van der Waals surface area contributed by atoms with Gasteiger partial charge in [-0.3, -0.25) is 4.79 Å². The Bertz CT molecular complexity index is 850. The van der Waals surface area contributed by atoms with E-state index in [9.17, 15) is 4.79 Å². The van der Waals surface area contributed by atoms with Crippen molar-refractivity contribution in [1.82, 2.24) is 0 Å². The summed E-state index contributed by atoms with van der Waals surface area (Å²) >= 11 is 5.97. The number of amidine groups is 1. The minimum absolute atomic E-state index is 0.0110. The molecule has 7 heteroatoms. The second-order valence-electron chi connectivity index (χ2n) is 6.47. The van der Waals surface area contributed by atoms with Gasteiger partial charge in [-0.25, -0.2) is 0 Å². The van der Waals surface area contributed by atoms with Crippen molar-refractivity contribution >= 4 is 34.7 Å². The predicted molar refractivity (Wildman–Crippen MR) is 106 cm³/mol. The summed E-state index contributed by atoms with van der Waals surface area (Å²) in [7, 11) is 0. The minimum atomic E-state index is 0.0110.